The van der Waals surface area contributed by atoms with Gasteiger partial charge in [0.15, 0.2) is 5.78 Å². The molecule has 0 fully saturated rings. The molecule has 202 valence electrons. The maximum absolute atomic E-state index is 14.9. The number of hydrogen-bond acceptors (Lipinski definition) is 9. The molecular weight excluding hydrogens is 594 g/mol. The molecule has 15 heteroatoms. The summed E-state index contributed by atoms with van der Waals surface area (Å²) in [6.07, 6.45) is 2.57. The number of carboxylic acid groups (broad SMARTS) is 1. The van der Waals surface area contributed by atoms with Crippen LogP contribution in [0.25, 0.3) is 11.1 Å². The minimum absolute atomic E-state index is 0.000284. The minimum Gasteiger partial charge on any atom is -0.481 e. The molecule has 0 bridgehead atoms. The Morgan fingerprint density at radius 1 is 1.05 bits per heavy atom. The van der Waals surface area contributed by atoms with Crippen LogP contribution in [0.5, 0.6) is 11.5 Å². The van der Waals surface area contributed by atoms with Gasteiger partial charge in [0.05, 0.1) is 5.02 Å². The Kier molecular flexibility index (Phi) is 8.75. The van der Waals surface area contributed by atoms with Gasteiger partial charge in [-0.3, -0.25) is 19.3 Å². The predicted molar refractivity (Wildman–Crippen MR) is 143 cm³/mol. The number of ketones is 1. The molecule has 0 spiro atoms. The molecule has 39 heavy (non-hydrogen) atoms. The number of rotatable bonds is 11. The summed E-state index contributed by atoms with van der Waals surface area (Å²) in [5, 5.41) is 8.88. The number of aliphatic carboxylic acids is 1. The molecule has 0 aliphatic rings. The van der Waals surface area contributed by atoms with Gasteiger partial charge in [-0.05, 0) is 48.4 Å². The number of pyridine rings is 1. The van der Waals surface area contributed by atoms with Gasteiger partial charge >= 0.3 is 5.97 Å². The summed E-state index contributed by atoms with van der Waals surface area (Å²) in [6.45, 7) is 0. The summed E-state index contributed by atoms with van der Waals surface area (Å²) in [5.41, 5.74) is 1.02. The fraction of sp³-hybridized carbons (Fsp3) is 0.125. The van der Waals surface area contributed by atoms with Crippen LogP contribution in [0.1, 0.15) is 29.8 Å². The van der Waals surface area contributed by atoms with Gasteiger partial charge in [0.2, 0.25) is 5.13 Å². The highest BCUT2D eigenvalue weighted by Crippen LogP contribution is 2.39. The lowest BCUT2D eigenvalue weighted by Crippen LogP contribution is -2.14. The molecular formula is C24H17Cl2FN4O6S2. The predicted octanol–water partition coefficient (Wildman–Crippen LogP) is 6.08. The number of nitrogens with one attached hydrogen (secondary N) is 1. The van der Waals surface area contributed by atoms with Crippen LogP contribution in [0.3, 0.4) is 0 Å². The van der Waals surface area contributed by atoms with Crippen molar-refractivity contribution in [2.45, 2.75) is 24.2 Å². The van der Waals surface area contributed by atoms with E-state index in [9.17, 15) is 22.4 Å². The van der Waals surface area contributed by atoms with Crippen molar-refractivity contribution in [3.63, 3.8) is 0 Å². The molecule has 0 radical (unpaired) electrons. The van der Waals surface area contributed by atoms with Crippen molar-refractivity contribution in [1.29, 1.82) is 0 Å². The van der Waals surface area contributed by atoms with Crippen LogP contribution >= 0.6 is 34.7 Å². The number of carbonyl (C=O) groups is 2. The molecule has 2 aromatic carbocycles. The van der Waals surface area contributed by atoms with Crippen molar-refractivity contribution >= 4 is 61.6 Å². The van der Waals surface area contributed by atoms with Gasteiger partial charge in [-0.2, -0.15) is 4.37 Å². The maximum atomic E-state index is 14.9. The van der Waals surface area contributed by atoms with Gasteiger partial charge in [0.1, 0.15) is 34.2 Å². The second-order valence-electron chi connectivity index (χ2n) is 7.91. The number of ether oxygens (including phenoxy) is 1. The summed E-state index contributed by atoms with van der Waals surface area (Å²) < 4.78 is 51.8. The molecule has 2 N–H and O–H groups in total. The van der Waals surface area contributed by atoms with Crippen molar-refractivity contribution in [3.8, 4) is 22.6 Å². The van der Waals surface area contributed by atoms with Crippen LogP contribution < -0.4 is 9.46 Å². The Bertz CT molecular complexity index is 1650. The van der Waals surface area contributed by atoms with Gasteiger partial charge in [-0.15, -0.1) is 0 Å². The number of carboxylic acids is 1. The highest BCUT2D eigenvalue weighted by molar-refractivity contribution is 7.93. The average molecular weight is 611 g/mol. The van der Waals surface area contributed by atoms with E-state index in [4.69, 9.17) is 33.0 Å². The van der Waals surface area contributed by atoms with Crippen LogP contribution in [0.15, 0.2) is 59.9 Å². The molecule has 4 aromatic rings. The van der Waals surface area contributed by atoms with E-state index >= 15 is 0 Å². The molecule has 10 nitrogen and oxygen atoms in total. The van der Waals surface area contributed by atoms with Crippen LogP contribution in [0, 0.1) is 5.82 Å². The maximum Gasteiger partial charge on any atom is 0.303 e. The zero-order chi connectivity index (χ0) is 28.2. The lowest BCUT2D eigenvalue weighted by molar-refractivity contribution is -0.137. The first-order chi connectivity index (χ1) is 18.5. The Balaban J connectivity index is 1.63. The fourth-order valence-electron chi connectivity index (χ4n) is 3.40. The van der Waals surface area contributed by atoms with Gasteiger partial charge in [0, 0.05) is 47.2 Å². The second-order valence-corrected chi connectivity index (χ2v) is 11.2. The lowest BCUT2D eigenvalue weighted by atomic mass is 10.0. The third-order valence-corrected chi connectivity index (χ3v) is 7.77. The van der Waals surface area contributed by atoms with E-state index < -0.39 is 26.7 Å². The number of anilines is 1. The van der Waals surface area contributed by atoms with Crippen LogP contribution in [0.4, 0.5) is 9.52 Å². The topological polar surface area (TPSA) is 148 Å². The molecule has 2 heterocycles. The molecule has 0 aliphatic carbocycles. The van der Waals surface area contributed by atoms with Gasteiger partial charge in [-0.25, -0.2) is 17.8 Å². The standard InChI is InChI=1S/C24H17Cl2FN4O6S2/c25-14-4-5-20(15(9-14)13-6-7-28-18(8-13)19(32)2-1-3-23(33)34)37-21-11-17(27)22(10-16(21)26)39(35,36)31-24-29-12-30-38-24/h4-12H,1-3H2,(H,33,34)(H,29,30,31). The van der Waals surface area contributed by atoms with Crippen LogP contribution in [-0.4, -0.2) is 39.6 Å². The van der Waals surface area contributed by atoms with Gasteiger partial charge < -0.3 is 9.84 Å². The third kappa shape index (κ3) is 7.06. The van der Waals surface area contributed by atoms with Crippen molar-refractivity contribution in [1.82, 2.24) is 14.3 Å². The number of nitrogens with zero attached hydrogens (tertiary/aromatic N) is 3. The van der Waals surface area contributed by atoms with E-state index in [1.165, 1.54) is 24.4 Å². The quantitative estimate of drug-likeness (QED) is 0.193. The zero-order valence-corrected chi connectivity index (χ0v) is 22.7. The van der Waals surface area contributed by atoms with E-state index in [1.807, 2.05) is 0 Å². The fourth-order valence-corrected chi connectivity index (χ4v) is 5.58. The van der Waals surface area contributed by atoms with Crippen molar-refractivity contribution in [3.05, 3.63) is 76.5 Å². The molecule has 0 atom stereocenters. The van der Waals surface area contributed by atoms with Crippen LogP contribution in [-0.2, 0) is 14.8 Å². The summed E-state index contributed by atoms with van der Waals surface area (Å²) in [7, 11) is -4.35. The molecule has 4 rings (SSSR count). The molecule has 0 aliphatic heterocycles. The Morgan fingerprint density at radius 2 is 1.85 bits per heavy atom. The number of carbonyl (C=O) groups excluding carboxylic acids is 1. The van der Waals surface area contributed by atoms with E-state index in [2.05, 4.69) is 19.1 Å². The molecule has 0 saturated carbocycles. The summed E-state index contributed by atoms with van der Waals surface area (Å²) in [5.74, 6) is -2.46. The van der Waals surface area contributed by atoms with Crippen LogP contribution in [0.2, 0.25) is 10.0 Å². The number of aromatic nitrogens is 3. The number of halogens is 3. The number of Topliss-reactive ketones (excluding diaryl/α,β-unsaturated/α-hetero) is 1. The van der Waals surface area contributed by atoms with Crippen molar-refractivity contribution in [2.24, 2.45) is 0 Å². The molecule has 0 saturated heterocycles. The third-order valence-electron chi connectivity index (χ3n) is 5.17. The Hall–Kier alpha value is -3.65. The highest BCUT2D eigenvalue weighted by Gasteiger charge is 2.24. The van der Waals surface area contributed by atoms with E-state index in [1.54, 1.807) is 12.1 Å². The van der Waals surface area contributed by atoms with E-state index in [-0.39, 0.29) is 52.4 Å². The Morgan fingerprint density at radius 3 is 2.56 bits per heavy atom. The SMILES string of the molecule is O=C(O)CCCC(=O)c1cc(-c2cc(Cl)ccc2Oc2cc(F)c(S(=O)(=O)Nc3ncns3)cc2Cl)ccn1. The lowest BCUT2D eigenvalue weighted by Gasteiger charge is -2.15. The Labute approximate surface area is 235 Å². The molecule has 0 amide bonds. The van der Waals surface area contributed by atoms with Gasteiger partial charge in [-0.1, -0.05) is 23.2 Å². The minimum atomic E-state index is -4.35. The first-order valence-corrected chi connectivity index (χ1v) is 14.0. The largest absolute Gasteiger partial charge is 0.481 e. The van der Waals surface area contributed by atoms with E-state index in [0.717, 1.165) is 30.0 Å². The van der Waals surface area contributed by atoms with Crippen molar-refractivity contribution in [2.75, 3.05) is 4.72 Å². The summed E-state index contributed by atoms with van der Waals surface area (Å²) in [4.78, 5) is 30.3. The first kappa shape index (κ1) is 28.4. The zero-order valence-electron chi connectivity index (χ0n) is 19.6. The van der Waals surface area contributed by atoms with Crippen molar-refractivity contribution < 1.29 is 32.2 Å². The molecule has 2 aromatic heterocycles. The summed E-state index contributed by atoms with van der Waals surface area (Å²) in [6, 6.07) is 9.42. The number of benzene rings is 2. The average Bonchev–Trinajstić information content (AvgIpc) is 3.39. The monoisotopic (exact) mass is 610 g/mol. The first-order valence-electron chi connectivity index (χ1n) is 11.0. The highest BCUT2D eigenvalue weighted by atomic mass is 35.5. The number of sulfonamides is 1. The van der Waals surface area contributed by atoms with E-state index in [0.29, 0.717) is 16.1 Å². The normalized spacial score (nSPS) is 11.3. The second kappa shape index (κ2) is 12.0. The number of hydrogen-bond donors (Lipinski definition) is 2. The smallest absolute Gasteiger partial charge is 0.303 e. The summed E-state index contributed by atoms with van der Waals surface area (Å²) >= 11 is 13.2. The molecule has 0 unspecified atom stereocenters. The van der Waals surface area contributed by atoms with Gasteiger partial charge in [0.25, 0.3) is 10.0 Å².